The number of hydrogen-bond acceptors (Lipinski definition) is 4. The maximum atomic E-state index is 13.0. The van der Waals surface area contributed by atoms with Gasteiger partial charge in [-0.1, -0.05) is 0 Å². The van der Waals surface area contributed by atoms with Gasteiger partial charge in [-0.05, 0) is 86.6 Å². The van der Waals surface area contributed by atoms with Gasteiger partial charge < -0.3 is 10.2 Å². The van der Waals surface area contributed by atoms with Gasteiger partial charge in [-0.3, -0.25) is 14.3 Å². The number of nitrogens with zero attached hydrogens (tertiary/aromatic N) is 1. The molecule has 2 N–H and O–H groups in total. The third-order valence-corrected chi connectivity index (χ3v) is 6.36. The molecule has 0 spiro atoms. The zero-order valence-electron chi connectivity index (χ0n) is 18.2. The topological polar surface area (TPSA) is 95.6 Å². The standard InChI is InChI=1S/C24H24FN3O4S/c1-3-28(4-2)24(30)18-7-11-20(12-8-18)26-23(29)17-5-13-21(14-6-17)27-33(31,32)22-15-9-19(25)10-16-22/h5-16,27H,3-4H2,1-2H3,(H,26,29). The minimum Gasteiger partial charge on any atom is -0.339 e. The van der Waals surface area contributed by atoms with E-state index in [4.69, 9.17) is 0 Å². The Morgan fingerprint density at radius 1 is 0.788 bits per heavy atom. The van der Waals surface area contributed by atoms with E-state index in [1.165, 1.54) is 36.4 Å². The van der Waals surface area contributed by atoms with E-state index in [1.807, 2.05) is 13.8 Å². The van der Waals surface area contributed by atoms with E-state index in [2.05, 4.69) is 10.0 Å². The summed E-state index contributed by atoms with van der Waals surface area (Å²) in [5, 5.41) is 2.74. The van der Waals surface area contributed by atoms with Gasteiger partial charge in [0.05, 0.1) is 4.90 Å². The number of sulfonamides is 1. The Kier molecular flexibility index (Phi) is 7.44. The van der Waals surface area contributed by atoms with Crippen molar-refractivity contribution in [2.75, 3.05) is 23.1 Å². The van der Waals surface area contributed by atoms with Crippen LogP contribution in [0, 0.1) is 5.82 Å². The molecule has 0 aromatic heterocycles. The van der Waals surface area contributed by atoms with Crippen LogP contribution in [0.1, 0.15) is 34.6 Å². The summed E-state index contributed by atoms with van der Waals surface area (Å²) in [5.41, 5.74) is 1.64. The van der Waals surface area contributed by atoms with Crippen LogP contribution in [0.2, 0.25) is 0 Å². The van der Waals surface area contributed by atoms with Crippen LogP contribution < -0.4 is 10.0 Å². The molecule has 0 aliphatic heterocycles. The largest absolute Gasteiger partial charge is 0.339 e. The molecule has 0 saturated carbocycles. The highest BCUT2D eigenvalue weighted by Gasteiger charge is 2.15. The van der Waals surface area contributed by atoms with E-state index >= 15 is 0 Å². The Morgan fingerprint density at radius 2 is 1.30 bits per heavy atom. The Morgan fingerprint density at radius 3 is 1.85 bits per heavy atom. The lowest BCUT2D eigenvalue weighted by Crippen LogP contribution is -2.30. The molecule has 3 aromatic carbocycles. The zero-order valence-corrected chi connectivity index (χ0v) is 19.0. The quantitative estimate of drug-likeness (QED) is 0.512. The smallest absolute Gasteiger partial charge is 0.261 e. The van der Waals surface area contributed by atoms with Crippen LogP contribution in [0.4, 0.5) is 15.8 Å². The highest BCUT2D eigenvalue weighted by atomic mass is 32.2. The molecule has 0 saturated heterocycles. The minimum atomic E-state index is -3.88. The SMILES string of the molecule is CCN(CC)C(=O)c1ccc(NC(=O)c2ccc(NS(=O)(=O)c3ccc(F)cc3)cc2)cc1. The number of benzene rings is 3. The van der Waals surface area contributed by atoms with Crippen molar-refractivity contribution in [1.29, 1.82) is 0 Å². The van der Waals surface area contributed by atoms with Crippen molar-refractivity contribution in [1.82, 2.24) is 4.90 Å². The van der Waals surface area contributed by atoms with E-state index < -0.39 is 15.8 Å². The number of amides is 2. The molecule has 0 aliphatic carbocycles. The normalized spacial score (nSPS) is 11.0. The van der Waals surface area contributed by atoms with Crippen LogP contribution in [0.15, 0.2) is 77.7 Å². The molecule has 33 heavy (non-hydrogen) atoms. The fraction of sp³-hybridized carbons (Fsp3) is 0.167. The van der Waals surface area contributed by atoms with Gasteiger partial charge in [0.25, 0.3) is 21.8 Å². The summed E-state index contributed by atoms with van der Waals surface area (Å²) in [6.07, 6.45) is 0. The highest BCUT2D eigenvalue weighted by molar-refractivity contribution is 7.92. The molecule has 3 rings (SSSR count). The maximum Gasteiger partial charge on any atom is 0.261 e. The summed E-state index contributed by atoms with van der Waals surface area (Å²) in [5.74, 6) is -0.989. The number of carbonyl (C=O) groups excluding carboxylic acids is 2. The summed E-state index contributed by atoms with van der Waals surface area (Å²) in [7, 11) is -3.88. The second-order valence-electron chi connectivity index (χ2n) is 7.15. The van der Waals surface area contributed by atoms with Gasteiger partial charge in [0, 0.05) is 35.6 Å². The third-order valence-electron chi connectivity index (χ3n) is 4.96. The summed E-state index contributed by atoms with van der Waals surface area (Å²) in [6.45, 7) is 5.05. The highest BCUT2D eigenvalue weighted by Crippen LogP contribution is 2.18. The van der Waals surface area contributed by atoms with E-state index in [-0.39, 0.29) is 22.4 Å². The van der Waals surface area contributed by atoms with Crippen molar-refractivity contribution in [2.24, 2.45) is 0 Å². The maximum absolute atomic E-state index is 13.0. The van der Waals surface area contributed by atoms with Gasteiger partial charge in [0.2, 0.25) is 0 Å². The first-order chi connectivity index (χ1) is 15.7. The monoisotopic (exact) mass is 469 g/mol. The second kappa shape index (κ2) is 10.3. The molecule has 9 heteroatoms. The van der Waals surface area contributed by atoms with Gasteiger partial charge >= 0.3 is 0 Å². The van der Waals surface area contributed by atoms with E-state index in [1.54, 1.807) is 29.2 Å². The van der Waals surface area contributed by atoms with Crippen LogP contribution in [0.25, 0.3) is 0 Å². The van der Waals surface area contributed by atoms with Crippen LogP contribution in [0.5, 0.6) is 0 Å². The summed E-state index contributed by atoms with van der Waals surface area (Å²) < 4.78 is 40.2. The van der Waals surface area contributed by atoms with Gasteiger partial charge in [-0.15, -0.1) is 0 Å². The number of carbonyl (C=O) groups is 2. The Balaban J connectivity index is 1.64. The van der Waals surface area contributed by atoms with E-state index in [9.17, 15) is 22.4 Å². The summed E-state index contributed by atoms with van der Waals surface area (Å²) >= 11 is 0. The Bertz CT molecular complexity index is 1220. The van der Waals surface area contributed by atoms with Crippen molar-refractivity contribution < 1.29 is 22.4 Å². The summed E-state index contributed by atoms with van der Waals surface area (Å²) in [4.78, 5) is 26.5. The first kappa shape index (κ1) is 23.9. The van der Waals surface area contributed by atoms with Crippen LogP contribution in [-0.2, 0) is 10.0 Å². The molecule has 0 fully saturated rings. The molecule has 0 aliphatic rings. The predicted molar refractivity (Wildman–Crippen MR) is 125 cm³/mol. The van der Waals surface area contributed by atoms with Gasteiger partial charge in [-0.2, -0.15) is 0 Å². The minimum absolute atomic E-state index is 0.0726. The number of hydrogen-bond donors (Lipinski definition) is 2. The van der Waals surface area contributed by atoms with Crippen molar-refractivity contribution in [3.63, 3.8) is 0 Å². The van der Waals surface area contributed by atoms with Gasteiger partial charge in [-0.25, -0.2) is 12.8 Å². The number of rotatable bonds is 8. The first-order valence-electron chi connectivity index (χ1n) is 10.3. The second-order valence-corrected chi connectivity index (χ2v) is 8.83. The summed E-state index contributed by atoms with van der Waals surface area (Å²) in [6, 6.07) is 17.0. The van der Waals surface area contributed by atoms with E-state index in [0.29, 0.717) is 29.9 Å². The molecular formula is C24H24FN3O4S. The number of halogens is 1. The fourth-order valence-corrected chi connectivity index (χ4v) is 4.17. The molecule has 2 amide bonds. The first-order valence-corrected chi connectivity index (χ1v) is 11.8. The lowest BCUT2D eigenvalue weighted by Gasteiger charge is -2.18. The lowest BCUT2D eigenvalue weighted by atomic mass is 10.1. The average Bonchev–Trinajstić information content (AvgIpc) is 2.80. The number of anilines is 2. The van der Waals surface area contributed by atoms with Crippen LogP contribution >= 0.6 is 0 Å². The van der Waals surface area contributed by atoms with Crippen molar-refractivity contribution in [2.45, 2.75) is 18.7 Å². The van der Waals surface area contributed by atoms with Crippen molar-refractivity contribution in [3.05, 3.63) is 89.7 Å². The van der Waals surface area contributed by atoms with E-state index in [0.717, 1.165) is 12.1 Å². The molecule has 0 bridgehead atoms. The Labute approximate surface area is 192 Å². The van der Waals surface area contributed by atoms with Crippen LogP contribution in [0.3, 0.4) is 0 Å². The Hall–Kier alpha value is -3.72. The molecule has 0 unspecified atom stereocenters. The van der Waals surface area contributed by atoms with Crippen molar-refractivity contribution in [3.8, 4) is 0 Å². The molecule has 7 nitrogen and oxygen atoms in total. The van der Waals surface area contributed by atoms with Gasteiger partial charge in [0.1, 0.15) is 5.82 Å². The molecule has 3 aromatic rings. The predicted octanol–water partition coefficient (Wildman–Crippen LogP) is 4.36. The molecule has 0 atom stereocenters. The lowest BCUT2D eigenvalue weighted by molar-refractivity contribution is 0.0773. The molecule has 0 heterocycles. The van der Waals surface area contributed by atoms with Crippen LogP contribution in [-0.4, -0.2) is 38.2 Å². The van der Waals surface area contributed by atoms with Crippen molar-refractivity contribution >= 4 is 33.2 Å². The fourth-order valence-electron chi connectivity index (χ4n) is 3.11. The molecule has 0 radical (unpaired) electrons. The average molecular weight is 470 g/mol. The third kappa shape index (κ3) is 5.95. The molecular weight excluding hydrogens is 445 g/mol. The van der Waals surface area contributed by atoms with Gasteiger partial charge in [0.15, 0.2) is 0 Å². The molecule has 172 valence electrons. The number of nitrogens with one attached hydrogen (secondary N) is 2. The zero-order chi connectivity index (χ0) is 24.0.